The van der Waals surface area contributed by atoms with Crippen molar-refractivity contribution in [2.45, 2.75) is 6.92 Å². The Bertz CT molecular complexity index is 1010. The third-order valence-corrected chi connectivity index (χ3v) is 3.70. The van der Waals surface area contributed by atoms with E-state index >= 15 is 0 Å². The molecule has 2 aromatic heterocycles. The van der Waals surface area contributed by atoms with Crippen molar-refractivity contribution in [1.82, 2.24) is 4.40 Å². The lowest BCUT2D eigenvalue weighted by Crippen LogP contribution is -2.22. The fraction of sp³-hybridized carbons (Fsp3) is 0.105. The standard InChI is InChI=1S/C19H14N2O3/c1-2-24-19(23)17-15-10-6-7-11-21(15)18(22)14(12-20)16(17)13-8-4-3-5-9-13/h3-11H,2H2,1H3. The number of fused-ring (bicyclic) bond motifs is 1. The van der Waals surface area contributed by atoms with Gasteiger partial charge in [-0.25, -0.2) is 4.79 Å². The first-order chi connectivity index (χ1) is 11.7. The van der Waals surface area contributed by atoms with Gasteiger partial charge in [-0.3, -0.25) is 9.20 Å². The maximum atomic E-state index is 12.7. The predicted octanol–water partition coefficient (Wildman–Crippen LogP) is 3.01. The minimum atomic E-state index is -0.559. The van der Waals surface area contributed by atoms with Gasteiger partial charge in [-0.1, -0.05) is 36.4 Å². The molecule has 24 heavy (non-hydrogen) atoms. The van der Waals surface area contributed by atoms with Crippen LogP contribution in [0.3, 0.4) is 0 Å². The van der Waals surface area contributed by atoms with E-state index in [0.29, 0.717) is 16.6 Å². The zero-order valence-electron chi connectivity index (χ0n) is 13.0. The number of nitriles is 1. The van der Waals surface area contributed by atoms with Crippen LogP contribution in [0.1, 0.15) is 22.8 Å². The predicted molar refractivity (Wildman–Crippen MR) is 89.8 cm³/mol. The van der Waals surface area contributed by atoms with E-state index in [1.807, 2.05) is 12.1 Å². The molecule has 3 aromatic rings. The van der Waals surface area contributed by atoms with Gasteiger partial charge in [0.2, 0.25) is 0 Å². The van der Waals surface area contributed by atoms with Gasteiger partial charge in [-0.05, 0) is 24.6 Å². The summed E-state index contributed by atoms with van der Waals surface area (Å²) in [6.07, 6.45) is 1.54. The smallest absolute Gasteiger partial charge is 0.340 e. The van der Waals surface area contributed by atoms with Crippen LogP contribution in [0.4, 0.5) is 0 Å². The number of benzene rings is 1. The van der Waals surface area contributed by atoms with Crippen LogP contribution in [0, 0.1) is 11.3 Å². The minimum absolute atomic E-state index is 0.0760. The zero-order chi connectivity index (χ0) is 17.1. The van der Waals surface area contributed by atoms with Crippen LogP contribution in [0.15, 0.2) is 59.5 Å². The monoisotopic (exact) mass is 318 g/mol. The van der Waals surface area contributed by atoms with Crippen LogP contribution in [0.5, 0.6) is 0 Å². The summed E-state index contributed by atoms with van der Waals surface area (Å²) in [5.41, 5.74) is 1.04. The molecule has 118 valence electrons. The number of aromatic nitrogens is 1. The summed E-state index contributed by atoms with van der Waals surface area (Å²) in [5.74, 6) is -0.559. The Labute approximate surface area is 138 Å². The lowest BCUT2D eigenvalue weighted by atomic mass is 9.95. The molecule has 0 unspecified atom stereocenters. The number of ether oxygens (including phenoxy) is 1. The van der Waals surface area contributed by atoms with E-state index in [1.165, 1.54) is 10.6 Å². The molecule has 0 fully saturated rings. The number of hydrogen-bond donors (Lipinski definition) is 0. The normalized spacial score (nSPS) is 10.3. The Morgan fingerprint density at radius 1 is 1.17 bits per heavy atom. The van der Waals surface area contributed by atoms with Gasteiger partial charge in [-0.2, -0.15) is 5.26 Å². The molecule has 0 N–H and O–H groups in total. The number of pyridine rings is 2. The molecule has 0 aliphatic heterocycles. The van der Waals surface area contributed by atoms with Crippen molar-refractivity contribution in [3.05, 3.63) is 76.2 Å². The fourth-order valence-electron chi connectivity index (χ4n) is 2.71. The first-order valence-electron chi connectivity index (χ1n) is 7.49. The van der Waals surface area contributed by atoms with Crippen LogP contribution in [-0.2, 0) is 4.74 Å². The van der Waals surface area contributed by atoms with Crippen LogP contribution >= 0.6 is 0 Å². The first kappa shape index (κ1) is 15.5. The molecule has 0 aliphatic rings. The van der Waals surface area contributed by atoms with Gasteiger partial charge >= 0.3 is 5.97 Å². The zero-order valence-corrected chi connectivity index (χ0v) is 13.0. The van der Waals surface area contributed by atoms with Crippen molar-refractivity contribution in [2.75, 3.05) is 6.61 Å². The molecule has 0 bridgehead atoms. The molecular formula is C19H14N2O3. The molecule has 0 aliphatic carbocycles. The summed E-state index contributed by atoms with van der Waals surface area (Å²) in [7, 11) is 0. The molecule has 0 amide bonds. The number of esters is 1. The number of carbonyl (C=O) groups excluding carboxylic acids is 1. The van der Waals surface area contributed by atoms with Gasteiger partial charge in [0.15, 0.2) is 0 Å². The Morgan fingerprint density at radius 2 is 1.88 bits per heavy atom. The third-order valence-electron chi connectivity index (χ3n) is 3.70. The van der Waals surface area contributed by atoms with E-state index in [2.05, 4.69) is 0 Å². The maximum Gasteiger partial charge on any atom is 0.340 e. The van der Waals surface area contributed by atoms with Crippen LogP contribution in [0.2, 0.25) is 0 Å². The quantitative estimate of drug-likeness (QED) is 0.696. The molecule has 0 saturated carbocycles. The Morgan fingerprint density at radius 3 is 2.54 bits per heavy atom. The molecule has 0 atom stereocenters. The van der Waals surface area contributed by atoms with E-state index in [9.17, 15) is 14.9 Å². The van der Waals surface area contributed by atoms with E-state index in [0.717, 1.165) is 0 Å². The second-order valence-electron chi connectivity index (χ2n) is 5.08. The summed E-state index contributed by atoms with van der Waals surface area (Å²) >= 11 is 0. The van der Waals surface area contributed by atoms with Gasteiger partial charge in [-0.15, -0.1) is 0 Å². The van der Waals surface area contributed by atoms with E-state index < -0.39 is 11.5 Å². The van der Waals surface area contributed by atoms with Gasteiger partial charge in [0.1, 0.15) is 11.6 Å². The lowest BCUT2D eigenvalue weighted by Gasteiger charge is -2.14. The third kappa shape index (κ3) is 2.44. The summed E-state index contributed by atoms with van der Waals surface area (Å²) in [4.78, 5) is 25.3. The Hall–Kier alpha value is -3.39. The SMILES string of the molecule is CCOC(=O)c1c(-c2ccccc2)c(C#N)c(=O)n2ccccc12. The number of nitrogens with zero attached hydrogens (tertiary/aromatic N) is 2. The molecule has 1 aromatic carbocycles. The fourth-order valence-corrected chi connectivity index (χ4v) is 2.71. The number of hydrogen-bond acceptors (Lipinski definition) is 4. The first-order valence-corrected chi connectivity index (χ1v) is 7.49. The number of carbonyl (C=O) groups is 1. The minimum Gasteiger partial charge on any atom is -0.462 e. The highest BCUT2D eigenvalue weighted by Gasteiger charge is 2.24. The van der Waals surface area contributed by atoms with Crippen molar-refractivity contribution in [1.29, 1.82) is 5.26 Å². The average molecular weight is 318 g/mol. The van der Waals surface area contributed by atoms with Crippen LogP contribution in [-0.4, -0.2) is 17.0 Å². The summed E-state index contributed by atoms with van der Waals surface area (Å²) in [6, 6.07) is 16.0. The second kappa shape index (κ2) is 6.39. The van der Waals surface area contributed by atoms with Gasteiger partial charge in [0.25, 0.3) is 5.56 Å². The summed E-state index contributed by atoms with van der Waals surface area (Å²) in [6.45, 7) is 1.91. The van der Waals surface area contributed by atoms with E-state index in [4.69, 9.17) is 4.74 Å². The van der Waals surface area contributed by atoms with E-state index in [1.54, 1.807) is 49.4 Å². The van der Waals surface area contributed by atoms with Crippen molar-refractivity contribution >= 4 is 11.5 Å². The lowest BCUT2D eigenvalue weighted by molar-refractivity contribution is 0.0529. The highest BCUT2D eigenvalue weighted by Crippen LogP contribution is 2.29. The molecule has 3 rings (SSSR count). The van der Waals surface area contributed by atoms with Crippen molar-refractivity contribution < 1.29 is 9.53 Å². The average Bonchev–Trinajstić information content (AvgIpc) is 2.62. The highest BCUT2D eigenvalue weighted by molar-refractivity contribution is 6.05. The molecule has 0 radical (unpaired) electrons. The second-order valence-corrected chi connectivity index (χ2v) is 5.08. The van der Waals surface area contributed by atoms with Gasteiger partial charge in [0.05, 0.1) is 17.7 Å². The topological polar surface area (TPSA) is 71.6 Å². The van der Waals surface area contributed by atoms with Crippen molar-refractivity contribution in [3.8, 4) is 17.2 Å². The van der Waals surface area contributed by atoms with Crippen molar-refractivity contribution in [3.63, 3.8) is 0 Å². The van der Waals surface area contributed by atoms with Gasteiger partial charge < -0.3 is 4.74 Å². The molecule has 5 heteroatoms. The molecule has 0 saturated heterocycles. The maximum absolute atomic E-state index is 12.7. The Kier molecular flexibility index (Phi) is 4.13. The molecular weight excluding hydrogens is 304 g/mol. The van der Waals surface area contributed by atoms with Crippen LogP contribution < -0.4 is 5.56 Å². The molecule has 2 heterocycles. The molecule has 0 spiro atoms. The largest absolute Gasteiger partial charge is 0.462 e. The number of rotatable bonds is 3. The van der Waals surface area contributed by atoms with Crippen LogP contribution in [0.25, 0.3) is 16.6 Å². The molecule has 5 nitrogen and oxygen atoms in total. The highest BCUT2D eigenvalue weighted by atomic mass is 16.5. The Balaban J connectivity index is 2.53. The van der Waals surface area contributed by atoms with Crippen molar-refractivity contribution in [2.24, 2.45) is 0 Å². The van der Waals surface area contributed by atoms with E-state index in [-0.39, 0.29) is 17.7 Å². The van der Waals surface area contributed by atoms with Gasteiger partial charge in [0, 0.05) is 11.8 Å². The summed E-state index contributed by atoms with van der Waals surface area (Å²) in [5, 5.41) is 9.54. The summed E-state index contributed by atoms with van der Waals surface area (Å²) < 4.78 is 6.48.